The molecule has 0 aliphatic heterocycles. The molecule has 0 atom stereocenters. The number of ether oxygens (including phenoxy) is 1. The van der Waals surface area contributed by atoms with E-state index < -0.39 is 5.91 Å². The summed E-state index contributed by atoms with van der Waals surface area (Å²) < 4.78 is 8.91. The third-order valence-corrected chi connectivity index (χ3v) is 5.89. The summed E-state index contributed by atoms with van der Waals surface area (Å²) in [6.45, 7) is 5.75. The Morgan fingerprint density at radius 2 is 1.78 bits per heavy atom. The molecule has 2 aromatic heterocycles. The lowest BCUT2D eigenvalue weighted by Gasteiger charge is -2.09. The van der Waals surface area contributed by atoms with Gasteiger partial charge in [0.1, 0.15) is 22.1 Å². The van der Waals surface area contributed by atoms with Crippen molar-refractivity contribution in [3.8, 4) is 22.0 Å². The zero-order chi connectivity index (χ0) is 22.8. The molecule has 0 aliphatic rings. The number of carbonyl (C=O) groups excluding carboxylic acids is 1. The van der Waals surface area contributed by atoms with Gasteiger partial charge >= 0.3 is 0 Å². The highest BCUT2D eigenvalue weighted by molar-refractivity contribution is 7.13. The highest BCUT2D eigenvalue weighted by atomic mass is 32.1. The number of amides is 1. The summed E-state index contributed by atoms with van der Waals surface area (Å²) >= 11 is 1.37. The van der Waals surface area contributed by atoms with Crippen LogP contribution in [-0.2, 0) is 7.05 Å². The number of carbonyl (C=O) groups is 1. The summed E-state index contributed by atoms with van der Waals surface area (Å²) in [4.78, 5) is 30.3. The van der Waals surface area contributed by atoms with Crippen molar-refractivity contribution in [2.45, 2.75) is 26.9 Å². The van der Waals surface area contributed by atoms with Crippen molar-refractivity contribution in [1.82, 2.24) is 14.3 Å². The van der Waals surface area contributed by atoms with E-state index in [9.17, 15) is 9.59 Å². The number of aromatic nitrogens is 3. The topological polar surface area (TPSA) is 78.2 Å². The quantitative estimate of drug-likeness (QED) is 0.466. The Hall–Kier alpha value is -3.65. The van der Waals surface area contributed by atoms with Gasteiger partial charge in [0.2, 0.25) is 0 Å². The molecule has 0 saturated carbocycles. The van der Waals surface area contributed by atoms with E-state index in [1.807, 2.05) is 68.4 Å². The van der Waals surface area contributed by atoms with E-state index in [4.69, 9.17) is 4.74 Å². The van der Waals surface area contributed by atoms with Gasteiger partial charge in [0.25, 0.3) is 11.5 Å². The van der Waals surface area contributed by atoms with E-state index in [-0.39, 0.29) is 23.0 Å². The van der Waals surface area contributed by atoms with Crippen LogP contribution in [0.5, 0.6) is 5.75 Å². The van der Waals surface area contributed by atoms with Crippen LogP contribution in [0, 0.1) is 6.92 Å². The number of rotatable bonds is 6. The van der Waals surface area contributed by atoms with E-state index in [1.165, 1.54) is 16.0 Å². The standard InChI is InChI=1S/C24H24N4O3S/c1-15(2)31-19-12-10-17(11-13-19)23-25-20(14-32-23)22(29)26-21-16(3)27(4)28(24(21)30)18-8-6-5-7-9-18/h5-15H,1-4H3,(H,26,29). The second kappa shape index (κ2) is 8.84. The summed E-state index contributed by atoms with van der Waals surface area (Å²) in [5.74, 6) is 0.366. The van der Waals surface area contributed by atoms with E-state index in [1.54, 1.807) is 24.0 Å². The van der Waals surface area contributed by atoms with Gasteiger partial charge in [-0.3, -0.25) is 14.3 Å². The fraction of sp³-hybridized carbons (Fsp3) is 0.208. The fourth-order valence-electron chi connectivity index (χ4n) is 3.35. The number of hydrogen-bond donors (Lipinski definition) is 1. The number of hydrogen-bond acceptors (Lipinski definition) is 5. The Morgan fingerprint density at radius 1 is 1.09 bits per heavy atom. The minimum absolute atomic E-state index is 0.101. The first-order chi connectivity index (χ1) is 15.3. The molecule has 0 bridgehead atoms. The largest absolute Gasteiger partial charge is 0.491 e. The lowest BCUT2D eigenvalue weighted by Crippen LogP contribution is -2.23. The summed E-state index contributed by atoms with van der Waals surface area (Å²) in [5.41, 5.74) is 2.49. The first kappa shape index (κ1) is 21.6. The Bertz CT molecular complexity index is 1300. The summed E-state index contributed by atoms with van der Waals surface area (Å²) in [6.07, 6.45) is 0.101. The Labute approximate surface area is 189 Å². The molecule has 2 heterocycles. The molecule has 4 aromatic rings. The predicted molar refractivity (Wildman–Crippen MR) is 127 cm³/mol. The van der Waals surface area contributed by atoms with Crippen molar-refractivity contribution in [1.29, 1.82) is 0 Å². The van der Waals surface area contributed by atoms with Crippen LogP contribution in [0.1, 0.15) is 30.0 Å². The van der Waals surface area contributed by atoms with E-state index in [0.717, 1.165) is 22.0 Å². The summed E-state index contributed by atoms with van der Waals surface area (Å²) in [7, 11) is 1.78. The molecule has 0 radical (unpaired) electrons. The van der Waals surface area contributed by atoms with Gasteiger partial charge in [0.05, 0.1) is 17.5 Å². The van der Waals surface area contributed by atoms with E-state index in [2.05, 4.69) is 10.3 Å². The molecule has 2 aromatic carbocycles. The molecule has 0 fully saturated rings. The molecule has 8 heteroatoms. The molecular weight excluding hydrogens is 424 g/mol. The molecule has 0 spiro atoms. The van der Waals surface area contributed by atoms with Crippen molar-refractivity contribution < 1.29 is 9.53 Å². The van der Waals surface area contributed by atoms with Crippen LogP contribution < -0.4 is 15.6 Å². The zero-order valence-electron chi connectivity index (χ0n) is 18.3. The first-order valence-corrected chi connectivity index (χ1v) is 11.1. The van der Waals surface area contributed by atoms with Crippen LogP contribution in [0.3, 0.4) is 0 Å². The average molecular weight is 449 g/mol. The molecule has 1 N–H and O–H groups in total. The second-order valence-electron chi connectivity index (χ2n) is 7.62. The Kier molecular flexibility index (Phi) is 5.96. The average Bonchev–Trinajstić information content (AvgIpc) is 3.35. The van der Waals surface area contributed by atoms with Crippen LogP contribution in [0.4, 0.5) is 5.69 Å². The number of nitrogens with zero attached hydrogens (tertiary/aromatic N) is 3. The second-order valence-corrected chi connectivity index (χ2v) is 8.48. The van der Waals surface area contributed by atoms with E-state index >= 15 is 0 Å². The molecule has 32 heavy (non-hydrogen) atoms. The van der Waals surface area contributed by atoms with Gasteiger partial charge in [-0.15, -0.1) is 11.3 Å². The third kappa shape index (κ3) is 4.22. The van der Waals surface area contributed by atoms with Crippen LogP contribution in [-0.4, -0.2) is 26.4 Å². The third-order valence-electron chi connectivity index (χ3n) is 5.00. The van der Waals surface area contributed by atoms with Crippen LogP contribution >= 0.6 is 11.3 Å². The molecule has 0 saturated heterocycles. The molecule has 4 rings (SSSR count). The van der Waals surface area contributed by atoms with Crippen molar-refractivity contribution in [2.75, 3.05) is 5.32 Å². The minimum atomic E-state index is -0.418. The van der Waals surface area contributed by atoms with Gasteiger partial charge in [-0.1, -0.05) is 18.2 Å². The number of anilines is 1. The first-order valence-electron chi connectivity index (χ1n) is 10.2. The summed E-state index contributed by atoms with van der Waals surface area (Å²) in [6, 6.07) is 16.9. The normalized spacial score (nSPS) is 11.0. The van der Waals surface area contributed by atoms with Crippen LogP contribution in [0.15, 0.2) is 64.8 Å². The Balaban J connectivity index is 1.56. The smallest absolute Gasteiger partial charge is 0.295 e. The maximum atomic E-state index is 13.0. The zero-order valence-corrected chi connectivity index (χ0v) is 19.1. The lowest BCUT2D eigenvalue weighted by molar-refractivity contribution is 0.102. The summed E-state index contributed by atoms with van der Waals surface area (Å²) in [5, 5.41) is 5.16. The van der Waals surface area contributed by atoms with Crippen LogP contribution in [0.2, 0.25) is 0 Å². The van der Waals surface area contributed by atoms with Gasteiger partial charge < -0.3 is 10.1 Å². The molecule has 164 valence electrons. The molecule has 0 unspecified atom stereocenters. The molecular formula is C24H24N4O3S. The van der Waals surface area contributed by atoms with Crippen LogP contribution in [0.25, 0.3) is 16.3 Å². The van der Waals surface area contributed by atoms with Crippen molar-refractivity contribution in [2.24, 2.45) is 7.05 Å². The maximum absolute atomic E-state index is 13.0. The monoisotopic (exact) mass is 448 g/mol. The number of thiazole rings is 1. The SMILES string of the molecule is Cc1c(NC(=O)c2csc(-c3ccc(OC(C)C)cc3)n2)c(=O)n(-c2ccccc2)n1C. The highest BCUT2D eigenvalue weighted by Crippen LogP contribution is 2.26. The van der Waals surface area contributed by atoms with Crippen molar-refractivity contribution in [3.63, 3.8) is 0 Å². The highest BCUT2D eigenvalue weighted by Gasteiger charge is 2.20. The maximum Gasteiger partial charge on any atom is 0.295 e. The number of para-hydroxylation sites is 1. The van der Waals surface area contributed by atoms with Crippen molar-refractivity contribution >= 4 is 22.9 Å². The molecule has 0 aliphatic carbocycles. The molecule has 7 nitrogen and oxygen atoms in total. The van der Waals surface area contributed by atoms with Gasteiger partial charge in [0, 0.05) is 18.0 Å². The predicted octanol–water partition coefficient (Wildman–Crippen LogP) is 4.65. The van der Waals surface area contributed by atoms with Gasteiger partial charge in [0.15, 0.2) is 0 Å². The van der Waals surface area contributed by atoms with Crippen molar-refractivity contribution in [3.05, 3.63) is 81.7 Å². The fourth-order valence-corrected chi connectivity index (χ4v) is 4.15. The van der Waals surface area contributed by atoms with Gasteiger partial charge in [-0.25, -0.2) is 9.67 Å². The number of benzene rings is 2. The van der Waals surface area contributed by atoms with Gasteiger partial charge in [-0.2, -0.15) is 0 Å². The van der Waals surface area contributed by atoms with E-state index in [0.29, 0.717) is 5.69 Å². The lowest BCUT2D eigenvalue weighted by atomic mass is 10.2. The van der Waals surface area contributed by atoms with Gasteiger partial charge in [-0.05, 0) is 57.2 Å². The number of nitrogens with one attached hydrogen (secondary N) is 1. The Morgan fingerprint density at radius 3 is 2.44 bits per heavy atom. The molecule has 1 amide bonds. The minimum Gasteiger partial charge on any atom is -0.491 e.